The monoisotopic (exact) mass is 219 g/mol. The third-order valence-electron chi connectivity index (χ3n) is 1.49. The molecule has 72 valence electrons. The molecule has 13 heavy (non-hydrogen) atoms. The molecule has 0 saturated heterocycles. The number of halogens is 2. The van der Waals surface area contributed by atoms with E-state index in [0.717, 1.165) is 5.75 Å². The second-order valence-corrected chi connectivity index (χ2v) is 4.18. The van der Waals surface area contributed by atoms with Gasteiger partial charge < -0.3 is 0 Å². The molecule has 0 bridgehead atoms. The Bertz CT molecular complexity index is 270. The highest BCUT2D eigenvalue weighted by Gasteiger charge is 2.05. The number of hydrogen-bond acceptors (Lipinski definition) is 2. The van der Waals surface area contributed by atoms with Crippen LogP contribution in [0.5, 0.6) is 0 Å². The summed E-state index contributed by atoms with van der Waals surface area (Å²) in [6.07, 6.45) is 1.59. The first-order valence-electron chi connectivity index (χ1n) is 4.03. The Hall–Kier alpha value is -0.280. The van der Waals surface area contributed by atoms with Gasteiger partial charge in [-0.05, 0) is 18.1 Å². The van der Waals surface area contributed by atoms with Crippen LogP contribution in [0.3, 0.4) is 0 Å². The van der Waals surface area contributed by atoms with E-state index in [1.807, 2.05) is 6.92 Å². The van der Waals surface area contributed by atoms with Crippen LogP contribution < -0.4 is 0 Å². The van der Waals surface area contributed by atoms with Crippen LogP contribution in [0.4, 0.5) is 4.39 Å². The van der Waals surface area contributed by atoms with E-state index in [2.05, 4.69) is 4.98 Å². The van der Waals surface area contributed by atoms with Gasteiger partial charge in [0.2, 0.25) is 0 Å². The molecule has 1 atom stereocenters. The zero-order valence-electron chi connectivity index (χ0n) is 7.34. The lowest BCUT2D eigenvalue weighted by Gasteiger charge is -2.05. The van der Waals surface area contributed by atoms with Crippen LogP contribution in [-0.4, -0.2) is 16.6 Å². The number of alkyl halides is 1. The van der Waals surface area contributed by atoms with E-state index in [9.17, 15) is 4.39 Å². The first-order chi connectivity index (χ1) is 6.24. The Balaban J connectivity index is 2.50. The second kappa shape index (κ2) is 5.45. The van der Waals surface area contributed by atoms with Gasteiger partial charge >= 0.3 is 0 Å². The topological polar surface area (TPSA) is 12.9 Å². The maximum atomic E-state index is 13.0. The third-order valence-corrected chi connectivity index (χ3v) is 3.33. The number of nitrogens with zero attached hydrogens (tertiary/aromatic N) is 1. The van der Waals surface area contributed by atoms with Crippen molar-refractivity contribution >= 4 is 23.4 Å². The zero-order chi connectivity index (χ0) is 9.68. The van der Waals surface area contributed by atoms with Gasteiger partial charge in [-0.1, -0.05) is 6.92 Å². The second-order valence-electron chi connectivity index (χ2n) is 2.86. The van der Waals surface area contributed by atoms with Gasteiger partial charge in [-0.25, -0.2) is 9.37 Å². The van der Waals surface area contributed by atoms with E-state index in [-0.39, 0.29) is 5.82 Å². The average molecular weight is 220 g/mol. The summed E-state index contributed by atoms with van der Waals surface area (Å²) >= 11 is 7.04. The Kier molecular flexibility index (Phi) is 4.53. The molecule has 0 saturated carbocycles. The van der Waals surface area contributed by atoms with Crippen molar-refractivity contribution in [3.05, 3.63) is 24.1 Å². The summed E-state index contributed by atoms with van der Waals surface area (Å²) < 4.78 is 13.0. The first-order valence-corrected chi connectivity index (χ1v) is 5.55. The van der Waals surface area contributed by atoms with Crippen LogP contribution in [0, 0.1) is 11.7 Å². The molecule has 1 rings (SSSR count). The summed E-state index contributed by atoms with van der Waals surface area (Å²) in [6.45, 7) is 2.03. The fraction of sp³-hybridized carbons (Fsp3) is 0.444. The Labute approximate surface area is 86.7 Å². The minimum Gasteiger partial charge on any atom is -0.247 e. The van der Waals surface area contributed by atoms with E-state index in [4.69, 9.17) is 11.6 Å². The third kappa shape index (κ3) is 3.53. The molecule has 1 heterocycles. The molecule has 1 unspecified atom stereocenters. The largest absolute Gasteiger partial charge is 0.247 e. The summed E-state index contributed by atoms with van der Waals surface area (Å²) in [4.78, 5) is 3.93. The maximum Gasteiger partial charge on any atom is 0.155 e. The van der Waals surface area contributed by atoms with Crippen LogP contribution in [0.1, 0.15) is 6.92 Å². The molecule has 1 nitrogen and oxygen atoms in total. The van der Waals surface area contributed by atoms with Crippen molar-refractivity contribution < 1.29 is 4.39 Å². The number of thioether (sulfide) groups is 1. The van der Waals surface area contributed by atoms with E-state index in [1.54, 1.807) is 12.3 Å². The molecule has 0 amide bonds. The lowest BCUT2D eigenvalue weighted by Crippen LogP contribution is -2.00. The molecule has 0 aliphatic rings. The SMILES string of the molecule is CC(CCl)CSc1ncccc1F. The van der Waals surface area contributed by atoms with Gasteiger partial charge in [0, 0.05) is 17.8 Å². The molecule has 0 aliphatic heterocycles. The highest BCUT2D eigenvalue weighted by Crippen LogP contribution is 2.21. The molecule has 0 N–H and O–H groups in total. The van der Waals surface area contributed by atoms with Crippen molar-refractivity contribution in [2.45, 2.75) is 11.9 Å². The lowest BCUT2D eigenvalue weighted by atomic mass is 10.3. The van der Waals surface area contributed by atoms with Crippen molar-refractivity contribution in [3.63, 3.8) is 0 Å². The molecule has 0 spiro atoms. The molecule has 1 aromatic rings. The highest BCUT2D eigenvalue weighted by molar-refractivity contribution is 7.99. The minimum atomic E-state index is -0.255. The van der Waals surface area contributed by atoms with E-state index in [0.29, 0.717) is 16.8 Å². The highest BCUT2D eigenvalue weighted by atomic mass is 35.5. The predicted molar refractivity (Wildman–Crippen MR) is 54.8 cm³/mol. The van der Waals surface area contributed by atoms with Gasteiger partial charge in [0.1, 0.15) is 5.03 Å². The normalized spacial score (nSPS) is 12.8. The van der Waals surface area contributed by atoms with E-state index < -0.39 is 0 Å². The van der Waals surface area contributed by atoms with Crippen molar-refractivity contribution in [1.29, 1.82) is 0 Å². The van der Waals surface area contributed by atoms with E-state index >= 15 is 0 Å². The van der Waals surface area contributed by atoms with E-state index in [1.165, 1.54) is 17.8 Å². The molecule has 1 aromatic heterocycles. The molecule has 0 radical (unpaired) electrons. The van der Waals surface area contributed by atoms with Crippen LogP contribution in [-0.2, 0) is 0 Å². The van der Waals surface area contributed by atoms with Gasteiger partial charge in [-0.15, -0.1) is 23.4 Å². The van der Waals surface area contributed by atoms with Crippen molar-refractivity contribution in [1.82, 2.24) is 4.98 Å². The van der Waals surface area contributed by atoms with Crippen LogP contribution in [0.25, 0.3) is 0 Å². The molecule has 0 fully saturated rings. The van der Waals surface area contributed by atoms with Crippen molar-refractivity contribution in [3.8, 4) is 0 Å². The van der Waals surface area contributed by atoms with Crippen LogP contribution in [0.2, 0.25) is 0 Å². The summed E-state index contributed by atoms with van der Waals surface area (Å²) in [6, 6.07) is 3.01. The predicted octanol–water partition coefficient (Wildman–Crippen LogP) is 3.19. The standard InChI is InChI=1S/C9H11ClFNS/c1-7(5-10)6-13-9-8(11)3-2-4-12-9/h2-4,7H,5-6H2,1H3. The number of rotatable bonds is 4. The number of hydrogen-bond donors (Lipinski definition) is 0. The lowest BCUT2D eigenvalue weighted by molar-refractivity contribution is 0.587. The average Bonchev–Trinajstić information content (AvgIpc) is 2.16. The minimum absolute atomic E-state index is 0.255. The molecule has 0 aliphatic carbocycles. The quantitative estimate of drug-likeness (QED) is 0.570. The van der Waals surface area contributed by atoms with Crippen molar-refractivity contribution in [2.75, 3.05) is 11.6 Å². The summed E-state index contributed by atoms with van der Waals surface area (Å²) in [5, 5.41) is 0.458. The number of pyridine rings is 1. The molecule has 0 aromatic carbocycles. The zero-order valence-corrected chi connectivity index (χ0v) is 8.91. The van der Waals surface area contributed by atoms with Gasteiger partial charge in [0.05, 0.1) is 0 Å². The Morgan fingerprint density at radius 2 is 2.46 bits per heavy atom. The Morgan fingerprint density at radius 3 is 3.08 bits per heavy atom. The summed E-state index contributed by atoms with van der Waals surface area (Å²) in [5.41, 5.74) is 0. The summed E-state index contributed by atoms with van der Waals surface area (Å²) in [5.74, 6) is 1.53. The van der Waals surface area contributed by atoms with Crippen LogP contribution >= 0.6 is 23.4 Å². The fourth-order valence-corrected chi connectivity index (χ4v) is 1.88. The molecule has 4 heteroatoms. The molecular weight excluding hydrogens is 209 g/mol. The van der Waals surface area contributed by atoms with Gasteiger partial charge in [-0.3, -0.25) is 0 Å². The maximum absolute atomic E-state index is 13.0. The molecular formula is C9H11ClFNS. The van der Waals surface area contributed by atoms with Gasteiger partial charge in [0.15, 0.2) is 5.82 Å². The summed E-state index contributed by atoms with van der Waals surface area (Å²) in [7, 11) is 0. The fourth-order valence-electron chi connectivity index (χ4n) is 0.743. The van der Waals surface area contributed by atoms with Crippen LogP contribution in [0.15, 0.2) is 23.4 Å². The van der Waals surface area contributed by atoms with Crippen molar-refractivity contribution in [2.24, 2.45) is 5.92 Å². The van der Waals surface area contributed by atoms with Gasteiger partial charge in [-0.2, -0.15) is 0 Å². The smallest absolute Gasteiger partial charge is 0.155 e. The first kappa shape index (κ1) is 10.8. The Morgan fingerprint density at radius 1 is 1.69 bits per heavy atom. The van der Waals surface area contributed by atoms with Gasteiger partial charge in [0.25, 0.3) is 0 Å². The number of aromatic nitrogens is 1.